The Morgan fingerprint density at radius 3 is 2.79 bits per heavy atom. The smallest absolute Gasteiger partial charge is 0.0423 e. The first-order chi connectivity index (χ1) is 6.74. The molecule has 1 aromatic heterocycles. The van der Waals surface area contributed by atoms with E-state index in [2.05, 4.69) is 28.9 Å². The summed E-state index contributed by atoms with van der Waals surface area (Å²) in [6.07, 6.45) is 1.10. The van der Waals surface area contributed by atoms with Crippen molar-refractivity contribution >= 4 is 49.0 Å². The van der Waals surface area contributed by atoms with Gasteiger partial charge in [0.2, 0.25) is 0 Å². The van der Waals surface area contributed by atoms with Gasteiger partial charge in [0, 0.05) is 19.9 Å². The number of fused-ring (bicyclic) bond motifs is 1. The number of alkyl halides is 1. The number of halogens is 2. The molecule has 0 N–H and O–H groups in total. The Morgan fingerprint density at radius 1 is 1.36 bits per heavy atom. The molecular formula is C11H10BrClS. The Hall–Kier alpha value is -0.0500. The van der Waals surface area contributed by atoms with E-state index in [0.29, 0.717) is 0 Å². The molecule has 14 heavy (non-hydrogen) atoms. The molecule has 0 aliphatic heterocycles. The molecule has 0 bridgehead atoms. The van der Waals surface area contributed by atoms with E-state index < -0.39 is 0 Å². The summed E-state index contributed by atoms with van der Waals surface area (Å²) in [4.78, 5) is 1.42. The topological polar surface area (TPSA) is 0 Å². The van der Waals surface area contributed by atoms with Gasteiger partial charge in [0.1, 0.15) is 0 Å². The van der Waals surface area contributed by atoms with Gasteiger partial charge in [0.05, 0.1) is 0 Å². The molecule has 0 aliphatic rings. The van der Waals surface area contributed by atoms with Gasteiger partial charge in [-0.25, -0.2) is 0 Å². The molecule has 0 fully saturated rings. The minimum absolute atomic E-state index is 0.830. The molecule has 3 heteroatoms. The summed E-state index contributed by atoms with van der Waals surface area (Å²) in [5.41, 5.74) is 1.28. The fourth-order valence-electron chi connectivity index (χ4n) is 1.51. The van der Waals surface area contributed by atoms with E-state index in [1.807, 2.05) is 23.5 Å². The third-order valence-corrected chi connectivity index (χ3v) is 4.28. The van der Waals surface area contributed by atoms with E-state index >= 15 is 0 Å². The number of hydrogen-bond donors (Lipinski definition) is 0. The number of aryl methyl sites for hydroxylation is 1. The van der Waals surface area contributed by atoms with Crippen LogP contribution in [0.1, 0.15) is 17.4 Å². The first-order valence-corrected chi connectivity index (χ1v) is 6.83. The second-order valence-electron chi connectivity index (χ2n) is 3.18. The number of hydrogen-bond acceptors (Lipinski definition) is 1. The molecule has 2 aromatic rings. The molecule has 1 heterocycles. The van der Waals surface area contributed by atoms with E-state index in [-0.39, 0.29) is 0 Å². The molecule has 0 atom stereocenters. The van der Waals surface area contributed by atoms with Gasteiger partial charge in [0.25, 0.3) is 0 Å². The highest BCUT2D eigenvalue weighted by atomic mass is 79.9. The number of thiophene rings is 1. The number of rotatable bonds is 2. The summed E-state index contributed by atoms with van der Waals surface area (Å²) in [5.74, 6) is 0. The van der Waals surface area contributed by atoms with Crippen LogP contribution in [0.15, 0.2) is 18.2 Å². The largest absolute Gasteiger partial charge is 0.140 e. The molecule has 1 aromatic carbocycles. The lowest BCUT2D eigenvalue weighted by Crippen LogP contribution is -1.78. The Balaban J connectivity index is 2.71. The second kappa shape index (κ2) is 4.21. The maximum atomic E-state index is 6.04. The minimum Gasteiger partial charge on any atom is -0.140 e. The van der Waals surface area contributed by atoms with Crippen LogP contribution in [0.25, 0.3) is 10.1 Å². The maximum absolute atomic E-state index is 6.04. The second-order valence-corrected chi connectivity index (χ2v) is 5.34. The molecule has 0 saturated heterocycles. The fraction of sp³-hybridized carbons (Fsp3) is 0.273. The van der Waals surface area contributed by atoms with Crippen LogP contribution >= 0.6 is 38.9 Å². The van der Waals surface area contributed by atoms with Crippen molar-refractivity contribution in [2.75, 3.05) is 0 Å². The summed E-state index contributed by atoms with van der Waals surface area (Å²) in [5, 5.41) is 3.04. The van der Waals surface area contributed by atoms with E-state index in [9.17, 15) is 0 Å². The Morgan fingerprint density at radius 2 is 2.14 bits per heavy atom. The van der Waals surface area contributed by atoms with Gasteiger partial charge >= 0.3 is 0 Å². The Kier molecular flexibility index (Phi) is 3.15. The van der Waals surface area contributed by atoms with E-state index in [4.69, 9.17) is 11.6 Å². The quantitative estimate of drug-likeness (QED) is 0.682. The average molecular weight is 290 g/mol. The van der Waals surface area contributed by atoms with Crippen molar-refractivity contribution in [1.82, 2.24) is 0 Å². The predicted octanol–water partition coefficient (Wildman–Crippen LogP) is 5.01. The van der Waals surface area contributed by atoms with Crippen molar-refractivity contribution in [2.24, 2.45) is 0 Å². The lowest BCUT2D eigenvalue weighted by molar-refractivity contribution is 1.19. The highest BCUT2D eigenvalue weighted by molar-refractivity contribution is 9.08. The van der Waals surface area contributed by atoms with Crippen LogP contribution in [0.4, 0.5) is 0 Å². The molecule has 0 nitrogen and oxygen atoms in total. The van der Waals surface area contributed by atoms with Crippen LogP contribution in [0.2, 0.25) is 5.02 Å². The molecule has 0 unspecified atom stereocenters. The van der Waals surface area contributed by atoms with Crippen LogP contribution < -0.4 is 0 Å². The maximum Gasteiger partial charge on any atom is 0.0423 e. The van der Waals surface area contributed by atoms with Crippen LogP contribution in [-0.4, -0.2) is 0 Å². The van der Waals surface area contributed by atoms with E-state index in [1.54, 1.807) is 0 Å². The van der Waals surface area contributed by atoms with Crippen molar-refractivity contribution in [1.29, 1.82) is 0 Å². The van der Waals surface area contributed by atoms with Crippen molar-refractivity contribution in [2.45, 2.75) is 18.7 Å². The third-order valence-electron chi connectivity index (χ3n) is 2.23. The number of benzene rings is 1. The van der Waals surface area contributed by atoms with Crippen LogP contribution in [0, 0.1) is 0 Å². The van der Waals surface area contributed by atoms with Crippen molar-refractivity contribution < 1.29 is 0 Å². The SMILES string of the molecule is CCc1cc2c(CBr)cc(Cl)cc2s1. The standard InChI is InChI=1S/C11H10BrClS/c1-2-9-5-10-7(6-12)3-8(13)4-11(10)14-9/h3-5H,2,6H2,1H3. The third kappa shape index (κ3) is 1.83. The average Bonchev–Trinajstić information content (AvgIpc) is 2.59. The summed E-state index contributed by atoms with van der Waals surface area (Å²) < 4.78 is 1.30. The van der Waals surface area contributed by atoms with E-state index in [1.165, 1.54) is 20.5 Å². The van der Waals surface area contributed by atoms with Crippen molar-refractivity contribution in [3.63, 3.8) is 0 Å². The van der Waals surface area contributed by atoms with Gasteiger partial charge < -0.3 is 0 Å². The van der Waals surface area contributed by atoms with Gasteiger partial charge in [-0.3, -0.25) is 0 Å². The minimum atomic E-state index is 0.830. The van der Waals surface area contributed by atoms with Crippen LogP contribution in [0.5, 0.6) is 0 Å². The zero-order chi connectivity index (χ0) is 10.1. The van der Waals surface area contributed by atoms with Gasteiger partial charge in [-0.05, 0) is 35.6 Å². The highest BCUT2D eigenvalue weighted by Gasteiger charge is 2.06. The zero-order valence-corrected chi connectivity index (χ0v) is 11.0. The lowest BCUT2D eigenvalue weighted by Gasteiger charge is -1.98. The lowest BCUT2D eigenvalue weighted by atomic mass is 10.1. The molecule has 0 radical (unpaired) electrons. The van der Waals surface area contributed by atoms with Gasteiger partial charge in [-0.1, -0.05) is 34.5 Å². The van der Waals surface area contributed by atoms with Gasteiger partial charge in [-0.2, -0.15) is 0 Å². The Bertz CT molecular complexity index is 462. The predicted molar refractivity (Wildman–Crippen MR) is 68.8 cm³/mol. The Labute approximate surface area is 101 Å². The van der Waals surface area contributed by atoms with E-state index in [0.717, 1.165) is 16.8 Å². The first kappa shape index (κ1) is 10.5. The van der Waals surface area contributed by atoms with Gasteiger partial charge in [-0.15, -0.1) is 11.3 Å². The summed E-state index contributed by atoms with van der Waals surface area (Å²) in [7, 11) is 0. The summed E-state index contributed by atoms with van der Waals surface area (Å²) in [6.45, 7) is 2.18. The summed E-state index contributed by atoms with van der Waals surface area (Å²) >= 11 is 11.4. The first-order valence-electron chi connectivity index (χ1n) is 4.51. The normalized spacial score (nSPS) is 11.1. The monoisotopic (exact) mass is 288 g/mol. The molecule has 2 rings (SSSR count). The molecule has 0 saturated carbocycles. The van der Waals surface area contributed by atoms with Gasteiger partial charge in [0.15, 0.2) is 0 Å². The van der Waals surface area contributed by atoms with Crippen LogP contribution in [0.3, 0.4) is 0 Å². The van der Waals surface area contributed by atoms with Crippen molar-refractivity contribution in [3.05, 3.63) is 33.7 Å². The molecular weight excluding hydrogens is 280 g/mol. The molecule has 0 amide bonds. The fourth-order valence-corrected chi connectivity index (χ4v) is 3.37. The summed E-state index contributed by atoms with van der Waals surface area (Å²) in [6, 6.07) is 6.35. The van der Waals surface area contributed by atoms with Crippen LogP contribution in [-0.2, 0) is 11.8 Å². The zero-order valence-electron chi connectivity index (χ0n) is 7.81. The molecule has 0 spiro atoms. The highest BCUT2D eigenvalue weighted by Crippen LogP contribution is 2.32. The molecule has 74 valence electrons. The molecule has 0 aliphatic carbocycles. The van der Waals surface area contributed by atoms with Crippen molar-refractivity contribution in [3.8, 4) is 0 Å².